The molecule has 0 aromatic heterocycles. The van der Waals surface area contributed by atoms with Gasteiger partial charge >= 0.3 is 0 Å². The van der Waals surface area contributed by atoms with Gasteiger partial charge in [0.05, 0.1) is 5.75 Å². The second kappa shape index (κ2) is 8.64. The standard InChI is InChI=1S/C21H26N2OS.ClH/c22-18-10-16-6-3-7-17(11-18)21(16)23-20(24)13-25-19-9-8-14-4-1-2-5-15(14)12-19;/h1-2,4-5,8-9,12,16-18,21H,3,6-7,10-11,13,22H2,(H,23,24);1H. The van der Waals surface area contributed by atoms with Gasteiger partial charge in [-0.2, -0.15) is 0 Å². The third-order valence-electron chi connectivity index (χ3n) is 5.80. The summed E-state index contributed by atoms with van der Waals surface area (Å²) in [7, 11) is 0. The van der Waals surface area contributed by atoms with Crippen LogP contribution in [0.4, 0.5) is 0 Å². The van der Waals surface area contributed by atoms with Crippen molar-refractivity contribution in [3.63, 3.8) is 0 Å². The molecule has 2 fully saturated rings. The molecule has 2 atom stereocenters. The second-order valence-corrected chi connectivity index (χ2v) is 8.62. The third kappa shape index (κ3) is 4.36. The Morgan fingerprint density at radius 2 is 1.77 bits per heavy atom. The molecule has 26 heavy (non-hydrogen) atoms. The summed E-state index contributed by atoms with van der Waals surface area (Å²) < 4.78 is 0. The van der Waals surface area contributed by atoms with Gasteiger partial charge in [-0.25, -0.2) is 0 Å². The number of fused-ring (bicyclic) bond motifs is 3. The van der Waals surface area contributed by atoms with Gasteiger partial charge in [0, 0.05) is 17.0 Å². The number of amides is 1. The van der Waals surface area contributed by atoms with Crippen LogP contribution in [-0.4, -0.2) is 23.7 Å². The predicted molar refractivity (Wildman–Crippen MR) is 112 cm³/mol. The number of halogens is 1. The Balaban J connectivity index is 0.00000196. The molecule has 1 amide bonds. The molecular weight excluding hydrogens is 364 g/mol. The number of thioether (sulfide) groups is 1. The zero-order chi connectivity index (χ0) is 17.2. The molecular formula is C21H27ClN2OS. The summed E-state index contributed by atoms with van der Waals surface area (Å²) in [6, 6.07) is 15.4. The zero-order valence-electron chi connectivity index (χ0n) is 14.9. The van der Waals surface area contributed by atoms with Crippen LogP contribution in [0.15, 0.2) is 47.4 Å². The number of carbonyl (C=O) groups is 1. The minimum absolute atomic E-state index is 0. The molecule has 2 aromatic rings. The van der Waals surface area contributed by atoms with E-state index < -0.39 is 0 Å². The first kappa shape index (κ1) is 19.5. The highest BCUT2D eigenvalue weighted by atomic mass is 35.5. The van der Waals surface area contributed by atoms with Gasteiger partial charge < -0.3 is 11.1 Å². The van der Waals surface area contributed by atoms with E-state index in [4.69, 9.17) is 5.73 Å². The molecule has 3 N–H and O–H groups in total. The van der Waals surface area contributed by atoms with E-state index in [2.05, 4.69) is 47.8 Å². The maximum atomic E-state index is 12.5. The van der Waals surface area contributed by atoms with Crippen LogP contribution in [-0.2, 0) is 4.79 Å². The first-order valence-corrected chi connectivity index (χ1v) is 10.3. The minimum Gasteiger partial charge on any atom is -0.352 e. The van der Waals surface area contributed by atoms with Crippen LogP contribution < -0.4 is 11.1 Å². The van der Waals surface area contributed by atoms with Crippen molar-refractivity contribution in [2.45, 2.75) is 49.1 Å². The Bertz CT molecular complexity index is 755. The predicted octanol–water partition coefficient (Wildman–Crippen LogP) is 4.38. The summed E-state index contributed by atoms with van der Waals surface area (Å²) in [4.78, 5) is 13.7. The lowest BCUT2D eigenvalue weighted by Gasteiger charge is -2.45. The Morgan fingerprint density at radius 3 is 2.50 bits per heavy atom. The molecule has 140 valence electrons. The normalized spacial score (nSPS) is 27.6. The molecule has 0 saturated heterocycles. The van der Waals surface area contributed by atoms with E-state index in [0.717, 1.165) is 17.7 Å². The molecule has 2 unspecified atom stereocenters. The fourth-order valence-corrected chi connectivity index (χ4v) is 5.41. The van der Waals surface area contributed by atoms with Crippen molar-refractivity contribution in [1.82, 2.24) is 5.32 Å². The molecule has 2 saturated carbocycles. The highest BCUT2D eigenvalue weighted by Gasteiger charge is 2.39. The van der Waals surface area contributed by atoms with Crippen LogP contribution in [0.25, 0.3) is 10.8 Å². The summed E-state index contributed by atoms with van der Waals surface area (Å²) in [6.45, 7) is 0. The van der Waals surface area contributed by atoms with E-state index in [1.54, 1.807) is 11.8 Å². The van der Waals surface area contributed by atoms with Gasteiger partial charge in [-0.15, -0.1) is 24.2 Å². The summed E-state index contributed by atoms with van der Waals surface area (Å²) in [5, 5.41) is 5.80. The summed E-state index contributed by atoms with van der Waals surface area (Å²) in [5.41, 5.74) is 6.18. The lowest BCUT2D eigenvalue weighted by molar-refractivity contribution is -0.120. The van der Waals surface area contributed by atoms with Gasteiger partial charge in [-0.3, -0.25) is 4.79 Å². The number of nitrogens with two attached hydrogens (primary N) is 1. The number of hydrogen-bond acceptors (Lipinski definition) is 3. The Morgan fingerprint density at radius 1 is 1.08 bits per heavy atom. The van der Waals surface area contributed by atoms with Gasteiger partial charge in [0.2, 0.25) is 5.91 Å². The molecule has 3 nitrogen and oxygen atoms in total. The van der Waals surface area contributed by atoms with Crippen molar-refractivity contribution in [2.75, 3.05) is 5.75 Å². The molecule has 0 radical (unpaired) electrons. The van der Waals surface area contributed by atoms with Crippen LogP contribution in [0.3, 0.4) is 0 Å². The van der Waals surface area contributed by atoms with Crippen molar-refractivity contribution in [3.8, 4) is 0 Å². The SMILES string of the molecule is Cl.NC1CC2CCCC(C1)C2NC(=O)CSc1ccc2ccccc2c1. The van der Waals surface area contributed by atoms with Crippen molar-refractivity contribution >= 4 is 40.8 Å². The Hall–Kier alpha value is -1.23. The highest BCUT2D eigenvalue weighted by molar-refractivity contribution is 8.00. The summed E-state index contributed by atoms with van der Waals surface area (Å²) in [6.07, 6.45) is 5.86. The van der Waals surface area contributed by atoms with E-state index in [1.807, 2.05) is 0 Å². The molecule has 2 aliphatic carbocycles. The van der Waals surface area contributed by atoms with E-state index in [-0.39, 0.29) is 18.3 Å². The maximum Gasteiger partial charge on any atom is 0.230 e. The average Bonchev–Trinajstić information content (AvgIpc) is 2.60. The van der Waals surface area contributed by atoms with Crippen LogP contribution in [0, 0.1) is 11.8 Å². The zero-order valence-corrected chi connectivity index (χ0v) is 16.5. The third-order valence-corrected chi connectivity index (χ3v) is 6.79. The van der Waals surface area contributed by atoms with Crippen LogP contribution in [0.5, 0.6) is 0 Å². The first-order valence-electron chi connectivity index (χ1n) is 9.35. The van der Waals surface area contributed by atoms with E-state index in [9.17, 15) is 4.79 Å². The van der Waals surface area contributed by atoms with E-state index in [0.29, 0.717) is 29.7 Å². The molecule has 5 heteroatoms. The van der Waals surface area contributed by atoms with E-state index >= 15 is 0 Å². The van der Waals surface area contributed by atoms with Crippen LogP contribution in [0.1, 0.15) is 32.1 Å². The quantitative estimate of drug-likeness (QED) is 0.762. The van der Waals surface area contributed by atoms with Gasteiger partial charge in [-0.1, -0.05) is 36.8 Å². The van der Waals surface area contributed by atoms with Gasteiger partial charge in [-0.05, 0) is 60.4 Å². The molecule has 2 bridgehead atoms. The number of rotatable bonds is 4. The molecule has 2 aromatic carbocycles. The molecule has 4 rings (SSSR count). The van der Waals surface area contributed by atoms with Crippen LogP contribution in [0.2, 0.25) is 0 Å². The minimum atomic E-state index is 0. The Kier molecular flexibility index (Phi) is 6.49. The second-order valence-electron chi connectivity index (χ2n) is 7.57. The molecule has 0 aliphatic heterocycles. The lowest BCUT2D eigenvalue weighted by Crippen LogP contribution is -2.54. The monoisotopic (exact) mass is 390 g/mol. The Labute approximate surface area is 165 Å². The maximum absolute atomic E-state index is 12.5. The first-order chi connectivity index (χ1) is 12.2. The van der Waals surface area contributed by atoms with Gasteiger partial charge in [0.15, 0.2) is 0 Å². The average molecular weight is 391 g/mol. The largest absolute Gasteiger partial charge is 0.352 e. The fraction of sp³-hybridized carbons (Fsp3) is 0.476. The van der Waals surface area contributed by atoms with E-state index in [1.165, 1.54) is 30.0 Å². The molecule has 0 spiro atoms. The lowest BCUT2D eigenvalue weighted by atomic mass is 9.67. The smallest absolute Gasteiger partial charge is 0.230 e. The summed E-state index contributed by atoms with van der Waals surface area (Å²) in [5.74, 6) is 1.81. The van der Waals surface area contributed by atoms with Gasteiger partial charge in [0.25, 0.3) is 0 Å². The number of hydrogen-bond donors (Lipinski definition) is 2. The molecule has 0 heterocycles. The molecule has 2 aliphatic rings. The number of nitrogens with one attached hydrogen (secondary N) is 1. The van der Waals surface area contributed by atoms with Gasteiger partial charge in [0.1, 0.15) is 0 Å². The van der Waals surface area contributed by atoms with Crippen molar-refractivity contribution in [2.24, 2.45) is 17.6 Å². The van der Waals surface area contributed by atoms with Crippen LogP contribution >= 0.6 is 24.2 Å². The van der Waals surface area contributed by atoms with Crippen molar-refractivity contribution in [3.05, 3.63) is 42.5 Å². The fourth-order valence-electron chi connectivity index (χ4n) is 4.66. The number of benzene rings is 2. The van der Waals surface area contributed by atoms with Crippen molar-refractivity contribution in [1.29, 1.82) is 0 Å². The van der Waals surface area contributed by atoms with Crippen molar-refractivity contribution < 1.29 is 4.79 Å². The topological polar surface area (TPSA) is 55.1 Å². The highest BCUT2D eigenvalue weighted by Crippen LogP contribution is 2.39. The number of carbonyl (C=O) groups excluding carboxylic acids is 1. The summed E-state index contributed by atoms with van der Waals surface area (Å²) >= 11 is 1.62.